The van der Waals surface area contributed by atoms with Gasteiger partial charge in [-0.3, -0.25) is 10.6 Å². The van der Waals surface area contributed by atoms with Gasteiger partial charge in [-0.05, 0) is 46.0 Å². The number of benzene rings is 1. The van der Waals surface area contributed by atoms with Gasteiger partial charge in [0.25, 0.3) is 5.91 Å². The van der Waals surface area contributed by atoms with Crippen molar-refractivity contribution in [3.05, 3.63) is 29.8 Å². The SMILES string of the molecule is CC(C)N(C)CCCNC(=O)c1ccccc1NN. The minimum absolute atomic E-state index is 0.0965. The normalized spacial score (nSPS) is 10.8. The van der Waals surface area contributed by atoms with Crippen LogP contribution in [0.2, 0.25) is 0 Å². The molecule has 0 atom stereocenters. The second-order valence-electron chi connectivity index (χ2n) is 4.87. The molecule has 106 valence electrons. The van der Waals surface area contributed by atoms with Crippen LogP contribution >= 0.6 is 0 Å². The van der Waals surface area contributed by atoms with Crippen molar-refractivity contribution in [2.45, 2.75) is 26.3 Å². The number of hydrazine groups is 1. The molecule has 0 aliphatic heterocycles. The van der Waals surface area contributed by atoms with Crippen LogP contribution < -0.4 is 16.6 Å². The molecule has 19 heavy (non-hydrogen) atoms. The first kappa shape index (κ1) is 15.5. The van der Waals surface area contributed by atoms with E-state index in [2.05, 4.69) is 36.5 Å². The van der Waals surface area contributed by atoms with Gasteiger partial charge in [0.2, 0.25) is 0 Å². The zero-order valence-corrected chi connectivity index (χ0v) is 11.9. The average molecular weight is 264 g/mol. The molecule has 0 radical (unpaired) electrons. The number of nitrogen functional groups attached to an aromatic ring is 1. The number of carbonyl (C=O) groups excluding carboxylic acids is 1. The summed E-state index contributed by atoms with van der Waals surface area (Å²) in [5.41, 5.74) is 3.74. The van der Waals surface area contributed by atoms with Crippen molar-refractivity contribution in [3.8, 4) is 0 Å². The van der Waals surface area contributed by atoms with E-state index in [4.69, 9.17) is 5.84 Å². The van der Waals surface area contributed by atoms with E-state index in [1.165, 1.54) is 0 Å². The van der Waals surface area contributed by atoms with Crippen LogP contribution in [-0.2, 0) is 0 Å². The lowest BCUT2D eigenvalue weighted by Gasteiger charge is -2.20. The van der Waals surface area contributed by atoms with Crippen LogP contribution in [0.15, 0.2) is 24.3 Å². The van der Waals surface area contributed by atoms with E-state index in [0.717, 1.165) is 13.0 Å². The van der Waals surface area contributed by atoms with E-state index >= 15 is 0 Å². The predicted molar refractivity (Wildman–Crippen MR) is 79.0 cm³/mol. The average Bonchev–Trinajstić information content (AvgIpc) is 2.42. The van der Waals surface area contributed by atoms with E-state index in [0.29, 0.717) is 23.8 Å². The number of amides is 1. The fourth-order valence-electron chi connectivity index (χ4n) is 1.69. The lowest BCUT2D eigenvalue weighted by atomic mass is 10.1. The first-order valence-corrected chi connectivity index (χ1v) is 6.60. The zero-order valence-electron chi connectivity index (χ0n) is 11.9. The van der Waals surface area contributed by atoms with Gasteiger partial charge in [0.15, 0.2) is 0 Å². The number of hydrogen-bond donors (Lipinski definition) is 3. The summed E-state index contributed by atoms with van der Waals surface area (Å²) in [6.45, 7) is 5.94. The fraction of sp³-hybridized carbons (Fsp3) is 0.500. The Morgan fingerprint density at radius 3 is 2.68 bits per heavy atom. The second-order valence-corrected chi connectivity index (χ2v) is 4.87. The summed E-state index contributed by atoms with van der Waals surface area (Å²) in [7, 11) is 2.08. The highest BCUT2D eigenvalue weighted by molar-refractivity contribution is 5.99. The van der Waals surface area contributed by atoms with E-state index in [1.54, 1.807) is 12.1 Å². The minimum atomic E-state index is -0.0965. The number of hydrogen-bond acceptors (Lipinski definition) is 4. The highest BCUT2D eigenvalue weighted by Gasteiger charge is 2.09. The molecule has 0 unspecified atom stereocenters. The van der Waals surface area contributed by atoms with Gasteiger partial charge >= 0.3 is 0 Å². The Morgan fingerprint density at radius 1 is 1.37 bits per heavy atom. The van der Waals surface area contributed by atoms with Crippen molar-refractivity contribution in [1.82, 2.24) is 10.2 Å². The summed E-state index contributed by atoms with van der Waals surface area (Å²) < 4.78 is 0. The highest BCUT2D eigenvalue weighted by atomic mass is 16.1. The minimum Gasteiger partial charge on any atom is -0.352 e. The number of carbonyl (C=O) groups is 1. The summed E-state index contributed by atoms with van der Waals surface area (Å²) >= 11 is 0. The molecular formula is C14H24N4O. The molecule has 0 spiro atoms. The van der Waals surface area contributed by atoms with Crippen LogP contribution in [0.1, 0.15) is 30.6 Å². The standard InChI is InChI=1S/C14H24N4O/c1-11(2)18(3)10-6-9-16-14(19)12-7-4-5-8-13(12)17-15/h4-5,7-8,11,17H,6,9-10,15H2,1-3H3,(H,16,19). The number of anilines is 1. The maximum absolute atomic E-state index is 12.0. The maximum Gasteiger partial charge on any atom is 0.253 e. The largest absolute Gasteiger partial charge is 0.352 e. The molecule has 0 aromatic heterocycles. The van der Waals surface area contributed by atoms with Crippen LogP contribution in [0.3, 0.4) is 0 Å². The van der Waals surface area contributed by atoms with Gasteiger partial charge in [-0.1, -0.05) is 12.1 Å². The molecule has 1 rings (SSSR count). The molecule has 1 aromatic rings. The van der Waals surface area contributed by atoms with Crippen molar-refractivity contribution in [2.75, 3.05) is 25.6 Å². The van der Waals surface area contributed by atoms with Crippen LogP contribution in [0.5, 0.6) is 0 Å². The number of para-hydroxylation sites is 1. The summed E-state index contributed by atoms with van der Waals surface area (Å²) in [6, 6.07) is 7.72. The number of nitrogens with one attached hydrogen (secondary N) is 2. The van der Waals surface area contributed by atoms with Crippen LogP contribution in [0.4, 0.5) is 5.69 Å². The quantitative estimate of drug-likeness (QED) is 0.396. The van der Waals surface area contributed by atoms with Gasteiger partial charge in [0, 0.05) is 12.6 Å². The molecule has 1 aromatic carbocycles. The number of nitrogens with zero attached hydrogens (tertiary/aromatic N) is 1. The molecule has 0 saturated carbocycles. The predicted octanol–water partition coefficient (Wildman–Crippen LogP) is 1.43. The van der Waals surface area contributed by atoms with Crippen LogP contribution in [0.25, 0.3) is 0 Å². The summed E-state index contributed by atoms with van der Waals surface area (Å²) in [5, 5.41) is 2.91. The Balaban J connectivity index is 2.39. The van der Waals surface area contributed by atoms with Gasteiger partial charge in [0.05, 0.1) is 11.3 Å². The Hall–Kier alpha value is -1.59. The Kier molecular flexibility index (Phi) is 6.32. The molecule has 0 aliphatic rings. The zero-order chi connectivity index (χ0) is 14.3. The number of nitrogens with two attached hydrogens (primary N) is 1. The molecule has 4 N–H and O–H groups in total. The molecule has 1 amide bonds. The van der Waals surface area contributed by atoms with Gasteiger partial charge in [-0.15, -0.1) is 0 Å². The van der Waals surface area contributed by atoms with Crippen molar-refractivity contribution in [1.29, 1.82) is 0 Å². The molecule has 0 fully saturated rings. The van der Waals surface area contributed by atoms with Crippen molar-refractivity contribution in [3.63, 3.8) is 0 Å². The summed E-state index contributed by atoms with van der Waals surface area (Å²) in [6.07, 6.45) is 0.929. The van der Waals surface area contributed by atoms with E-state index in [1.807, 2.05) is 12.1 Å². The first-order chi connectivity index (χ1) is 9.06. The summed E-state index contributed by atoms with van der Waals surface area (Å²) in [4.78, 5) is 14.2. The molecule has 0 aliphatic carbocycles. The summed E-state index contributed by atoms with van der Waals surface area (Å²) in [5.74, 6) is 5.28. The third-order valence-electron chi connectivity index (χ3n) is 3.18. The Morgan fingerprint density at radius 2 is 2.05 bits per heavy atom. The van der Waals surface area contributed by atoms with E-state index < -0.39 is 0 Å². The maximum atomic E-state index is 12.0. The second kappa shape index (κ2) is 7.76. The van der Waals surface area contributed by atoms with Gasteiger partial charge in [0.1, 0.15) is 0 Å². The highest BCUT2D eigenvalue weighted by Crippen LogP contribution is 2.12. The molecule has 0 saturated heterocycles. The van der Waals surface area contributed by atoms with Crippen molar-refractivity contribution < 1.29 is 4.79 Å². The molecule has 0 heterocycles. The molecule has 5 nitrogen and oxygen atoms in total. The van der Waals surface area contributed by atoms with Gasteiger partial charge in [-0.2, -0.15) is 0 Å². The monoisotopic (exact) mass is 264 g/mol. The Labute approximate surface area is 115 Å². The Bertz CT molecular complexity index is 406. The lowest BCUT2D eigenvalue weighted by Crippen LogP contribution is -2.31. The molecular weight excluding hydrogens is 240 g/mol. The molecule has 5 heteroatoms. The van der Waals surface area contributed by atoms with Gasteiger partial charge < -0.3 is 15.6 Å². The number of rotatable bonds is 7. The van der Waals surface area contributed by atoms with E-state index in [9.17, 15) is 4.79 Å². The lowest BCUT2D eigenvalue weighted by molar-refractivity contribution is 0.0952. The van der Waals surface area contributed by atoms with Crippen LogP contribution in [-0.4, -0.2) is 37.0 Å². The third-order valence-corrected chi connectivity index (χ3v) is 3.18. The topological polar surface area (TPSA) is 70.4 Å². The first-order valence-electron chi connectivity index (χ1n) is 6.60. The third kappa shape index (κ3) is 4.89. The van der Waals surface area contributed by atoms with Crippen molar-refractivity contribution in [2.24, 2.45) is 5.84 Å². The van der Waals surface area contributed by atoms with E-state index in [-0.39, 0.29) is 5.91 Å². The fourth-order valence-corrected chi connectivity index (χ4v) is 1.69. The smallest absolute Gasteiger partial charge is 0.253 e. The van der Waals surface area contributed by atoms with Gasteiger partial charge in [-0.25, -0.2) is 0 Å². The van der Waals surface area contributed by atoms with Crippen molar-refractivity contribution >= 4 is 11.6 Å². The molecule has 0 bridgehead atoms. The van der Waals surface area contributed by atoms with Crippen LogP contribution in [0, 0.1) is 0 Å².